The van der Waals surface area contributed by atoms with E-state index >= 15 is 0 Å². The highest BCUT2D eigenvalue weighted by atomic mass is 16.4. The van der Waals surface area contributed by atoms with Crippen LogP contribution in [0.25, 0.3) is 11.5 Å². The summed E-state index contributed by atoms with van der Waals surface area (Å²) in [6.45, 7) is 6.16. The minimum absolute atomic E-state index is 0.350. The number of nitrogens with two attached hydrogens (primary N) is 1. The fourth-order valence-corrected chi connectivity index (χ4v) is 1.62. The lowest BCUT2D eigenvalue weighted by Gasteiger charge is -2.01. The average Bonchev–Trinajstić information content (AvgIpc) is 2.64. The fourth-order valence-electron chi connectivity index (χ4n) is 1.62. The molecule has 2 aromatic rings. The number of rotatable bonds is 2. The minimum atomic E-state index is 0.350. The first-order valence-electron chi connectivity index (χ1n) is 5.39. The Morgan fingerprint density at radius 3 is 2.56 bits per heavy atom. The van der Waals surface area contributed by atoms with E-state index in [1.165, 1.54) is 0 Å². The Morgan fingerprint density at radius 2 is 2.00 bits per heavy atom. The first-order chi connectivity index (χ1) is 7.56. The highest BCUT2D eigenvalue weighted by Crippen LogP contribution is 2.25. The van der Waals surface area contributed by atoms with Gasteiger partial charge in [-0.05, 0) is 30.7 Å². The first kappa shape index (κ1) is 10.7. The predicted octanol–water partition coefficient (Wildman–Crippen LogP) is 3.36. The number of benzene rings is 1. The van der Waals surface area contributed by atoms with Crippen LogP contribution in [-0.4, -0.2) is 4.98 Å². The number of nitrogen functional groups attached to an aromatic ring is 1. The van der Waals surface area contributed by atoms with Crippen LogP contribution in [-0.2, 0) is 0 Å². The summed E-state index contributed by atoms with van der Waals surface area (Å²) < 4.78 is 5.67. The summed E-state index contributed by atoms with van der Waals surface area (Å²) in [6, 6.07) is 5.82. The standard InChI is InChI=1S/C13H16N2O/c1-8(2)12-7-15-13(16-12)10-4-9(3)5-11(14)6-10/h4-8H,14H2,1-3H3. The summed E-state index contributed by atoms with van der Waals surface area (Å²) in [5, 5.41) is 0. The lowest BCUT2D eigenvalue weighted by atomic mass is 10.1. The zero-order chi connectivity index (χ0) is 11.7. The number of oxazole rings is 1. The number of aryl methyl sites for hydroxylation is 1. The Hall–Kier alpha value is -1.77. The molecule has 0 amide bonds. The van der Waals surface area contributed by atoms with Crippen LogP contribution >= 0.6 is 0 Å². The van der Waals surface area contributed by atoms with Gasteiger partial charge >= 0.3 is 0 Å². The van der Waals surface area contributed by atoms with E-state index in [2.05, 4.69) is 18.8 Å². The molecule has 2 rings (SSSR count). The summed E-state index contributed by atoms with van der Waals surface area (Å²) in [5.41, 5.74) is 8.57. The third-order valence-corrected chi connectivity index (χ3v) is 2.44. The van der Waals surface area contributed by atoms with E-state index in [1.807, 2.05) is 25.1 Å². The molecule has 16 heavy (non-hydrogen) atoms. The van der Waals surface area contributed by atoms with E-state index in [0.717, 1.165) is 22.6 Å². The van der Waals surface area contributed by atoms with Crippen molar-refractivity contribution in [3.8, 4) is 11.5 Å². The van der Waals surface area contributed by atoms with Crippen molar-refractivity contribution in [1.29, 1.82) is 0 Å². The molecule has 0 saturated carbocycles. The molecule has 0 saturated heterocycles. The van der Waals surface area contributed by atoms with Crippen molar-refractivity contribution in [3.05, 3.63) is 35.7 Å². The molecule has 3 nitrogen and oxygen atoms in total. The largest absolute Gasteiger partial charge is 0.441 e. The molecule has 1 aromatic heterocycles. The highest BCUT2D eigenvalue weighted by Gasteiger charge is 2.09. The van der Waals surface area contributed by atoms with Gasteiger partial charge in [0.15, 0.2) is 0 Å². The van der Waals surface area contributed by atoms with E-state index in [0.29, 0.717) is 11.8 Å². The Labute approximate surface area is 95.3 Å². The predicted molar refractivity (Wildman–Crippen MR) is 65.2 cm³/mol. The second-order valence-corrected chi connectivity index (χ2v) is 4.35. The van der Waals surface area contributed by atoms with E-state index in [-0.39, 0.29) is 0 Å². The normalized spacial score (nSPS) is 11.0. The van der Waals surface area contributed by atoms with Gasteiger partial charge in [0.2, 0.25) is 5.89 Å². The summed E-state index contributed by atoms with van der Waals surface area (Å²) >= 11 is 0. The molecule has 1 aromatic carbocycles. The van der Waals surface area contributed by atoms with E-state index in [1.54, 1.807) is 6.20 Å². The summed E-state index contributed by atoms with van der Waals surface area (Å²) in [6.07, 6.45) is 1.78. The van der Waals surface area contributed by atoms with Crippen LogP contribution in [0, 0.1) is 6.92 Å². The lowest BCUT2D eigenvalue weighted by molar-refractivity contribution is 0.495. The van der Waals surface area contributed by atoms with Crippen LogP contribution < -0.4 is 5.73 Å². The van der Waals surface area contributed by atoms with Crippen molar-refractivity contribution in [2.45, 2.75) is 26.7 Å². The highest BCUT2D eigenvalue weighted by molar-refractivity contribution is 5.61. The monoisotopic (exact) mass is 216 g/mol. The van der Waals surface area contributed by atoms with E-state index in [4.69, 9.17) is 10.2 Å². The molecule has 84 valence electrons. The van der Waals surface area contributed by atoms with Crippen molar-refractivity contribution >= 4 is 5.69 Å². The van der Waals surface area contributed by atoms with Crippen LogP contribution in [0.4, 0.5) is 5.69 Å². The number of anilines is 1. The van der Waals surface area contributed by atoms with Crippen LogP contribution in [0.2, 0.25) is 0 Å². The molecule has 0 bridgehead atoms. The molecule has 0 unspecified atom stereocenters. The maximum Gasteiger partial charge on any atom is 0.226 e. The quantitative estimate of drug-likeness (QED) is 0.783. The van der Waals surface area contributed by atoms with Crippen LogP contribution in [0.15, 0.2) is 28.8 Å². The van der Waals surface area contributed by atoms with Gasteiger partial charge in [-0.3, -0.25) is 0 Å². The molecule has 1 heterocycles. The zero-order valence-electron chi connectivity index (χ0n) is 9.82. The summed E-state index contributed by atoms with van der Waals surface area (Å²) in [7, 11) is 0. The molecule has 0 aliphatic heterocycles. The van der Waals surface area contributed by atoms with Gasteiger partial charge in [-0.25, -0.2) is 4.98 Å². The van der Waals surface area contributed by atoms with Crippen molar-refractivity contribution in [1.82, 2.24) is 4.98 Å². The minimum Gasteiger partial charge on any atom is -0.441 e. The third-order valence-electron chi connectivity index (χ3n) is 2.44. The van der Waals surface area contributed by atoms with Crippen LogP contribution in [0.1, 0.15) is 31.1 Å². The first-order valence-corrected chi connectivity index (χ1v) is 5.39. The molecule has 0 fully saturated rings. The topological polar surface area (TPSA) is 52.0 Å². The number of hydrogen-bond donors (Lipinski definition) is 1. The number of aromatic nitrogens is 1. The molecule has 0 aliphatic carbocycles. The zero-order valence-corrected chi connectivity index (χ0v) is 9.82. The second-order valence-electron chi connectivity index (χ2n) is 4.35. The van der Waals surface area contributed by atoms with Crippen LogP contribution in [0.5, 0.6) is 0 Å². The van der Waals surface area contributed by atoms with E-state index < -0.39 is 0 Å². The van der Waals surface area contributed by atoms with Gasteiger partial charge in [0, 0.05) is 17.2 Å². The molecule has 0 aliphatic rings. The van der Waals surface area contributed by atoms with Gasteiger partial charge in [-0.1, -0.05) is 13.8 Å². The Kier molecular flexibility index (Phi) is 2.69. The summed E-state index contributed by atoms with van der Waals surface area (Å²) in [4.78, 5) is 4.27. The van der Waals surface area contributed by atoms with Crippen molar-refractivity contribution < 1.29 is 4.42 Å². The maximum absolute atomic E-state index is 5.79. The number of nitrogens with zero attached hydrogens (tertiary/aromatic N) is 1. The molecule has 0 radical (unpaired) electrons. The average molecular weight is 216 g/mol. The summed E-state index contributed by atoms with van der Waals surface area (Å²) in [5.74, 6) is 1.89. The number of hydrogen-bond acceptors (Lipinski definition) is 3. The van der Waals surface area contributed by atoms with Gasteiger partial charge in [0.25, 0.3) is 0 Å². The molecular formula is C13H16N2O. The SMILES string of the molecule is Cc1cc(N)cc(-c2ncc(C(C)C)o2)c1. The fraction of sp³-hybridized carbons (Fsp3) is 0.308. The third kappa shape index (κ3) is 2.08. The molecular weight excluding hydrogens is 200 g/mol. The van der Waals surface area contributed by atoms with E-state index in [9.17, 15) is 0 Å². The van der Waals surface area contributed by atoms with Crippen LogP contribution in [0.3, 0.4) is 0 Å². The Balaban J connectivity index is 2.42. The Bertz CT molecular complexity index is 480. The maximum atomic E-state index is 5.79. The van der Waals surface area contributed by atoms with Gasteiger partial charge in [0.05, 0.1) is 6.20 Å². The van der Waals surface area contributed by atoms with Crippen molar-refractivity contribution in [2.75, 3.05) is 5.73 Å². The molecule has 0 spiro atoms. The van der Waals surface area contributed by atoms with Gasteiger partial charge in [0.1, 0.15) is 5.76 Å². The lowest BCUT2D eigenvalue weighted by Crippen LogP contribution is -1.87. The van der Waals surface area contributed by atoms with Gasteiger partial charge in [-0.2, -0.15) is 0 Å². The molecule has 0 atom stereocenters. The van der Waals surface area contributed by atoms with Gasteiger partial charge in [-0.15, -0.1) is 0 Å². The second kappa shape index (κ2) is 4.00. The van der Waals surface area contributed by atoms with Crippen molar-refractivity contribution in [2.24, 2.45) is 0 Å². The smallest absolute Gasteiger partial charge is 0.226 e. The van der Waals surface area contributed by atoms with Crippen molar-refractivity contribution in [3.63, 3.8) is 0 Å². The Morgan fingerprint density at radius 1 is 1.25 bits per heavy atom. The van der Waals surface area contributed by atoms with Gasteiger partial charge < -0.3 is 10.2 Å². The molecule has 2 N–H and O–H groups in total. The molecule has 3 heteroatoms.